The van der Waals surface area contributed by atoms with Gasteiger partial charge in [0.2, 0.25) is 0 Å². The van der Waals surface area contributed by atoms with Crippen LogP contribution in [0.3, 0.4) is 0 Å². The van der Waals surface area contributed by atoms with Crippen molar-refractivity contribution in [1.82, 2.24) is 15.3 Å². The van der Waals surface area contributed by atoms with E-state index in [2.05, 4.69) is 42.4 Å². The minimum absolute atomic E-state index is 0.138. The van der Waals surface area contributed by atoms with Gasteiger partial charge in [0.15, 0.2) is 0 Å². The number of nitrogens with one attached hydrogen (secondary N) is 1. The molecule has 1 aromatic heterocycles. The van der Waals surface area contributed by atoms with Crippen molar-refractivity contribution in [3.05, 3.63) is 30.1 Å². The molecule has 1 unspecified atom stereocenters. The topological polar surface area (TPSA) is 54.2 Å². The lowest BCUT2D eigenvalue weighted by Gasteiger charge is -2.49. The summed E-state index contributed by atoms with van der Waals surface area (Å²) in [7, 11) is 4.36. The number of nitrogens with two attached hydrogens (primary N) is 1. The lowest BCUT2D eigenvalue weighted by molar-refractivity contribution is 0.0431. The van der Waals surface area contributed by atoms with Crippen molar-refractivity contribution in [1.29, 1.82) is 0 Å². The van der Waals surface area contributed by atoms with Crippen LogP contribution in [0.4, 0.5) is 0 Å². The normalized spacial score (nSPS) is 28.6. The van der Waals surface area contributed by atoms with Crippen LogP contribution in [0.25, 0.3) is 0 Å². The Labute approximate surface area is 122 Å². The maximum atomic E-state index is 5.90. The molecule has 2 rings (SSSR count). The summed E-state index contributed by atoms with van der Waals surface area (Å²) in [4.78, 5) is 6.82. The molecule has 4 heteroatoms. The molecule has 0 spiro atoms. The number of hydrazine groups is 1. The molecule has 1 aliphatic rings. The summed E-state index contributed by atoms with van der Waals surface area (Å²) in [5, 5.41) is 0. The number of likely N-dealkylation sites (N-methyl/N-ethyl adjacent to an activating group) is 1. The first-order valence-corrected chi connectivity index (χ1v) is 7.62. The second-order valence-corrected chi connectivity index (χ2v) is 6.42. The summed E-state index contributed by atoms with van der Waals surface area (Å²) < 4.78 is 0. The van der Waals surface area contributed by atoms with Crippen LogP contribution in [0.2, 0.25) is 0 Å². The third-order valence-corrected chi connectivity index (χ3v) is 5.02. The van der Waals surface area contributed by atoms with Gasteiger partial charge >= 0.3 is 0 Å². The highest BCUT2D eigenvalue weighted by Gasteiger charge is 2.42. The van der Waals surface area contributed by atoms with Crippen LogP contribution >= 0.6 is 0 Å². The van der Waals surface area contributed by atoms with Crippen LogP contribution in [0.5, 0.6) is 0 Å². The molecule has 1 atom stereocenters. The Bertz CT molecular complexity index is 396. The Morgan fingerprint density at radius 1 is 1.40 bits per heavy atom. The molecule has 0 bridgehead atoms. The predicted molar refractivity (Wildman–Crippen MR) is 83.1 cm³/mol. The molecular formula is C16H28N4. The standard InChI is InChI=1S/C16H28N4/c1-13-7-9-16(10-8-13,20(2)3)15(19-17)12-14-6-4-5-11-18-14/h4-6,11,13,15,19H,7-10,12,17H2,1-3H3. The number of pyridine rings is 1. The highest BCUT2D eigenvalue weighted by Crippen LogP contribution is 2.38. The number of nitrogens with zero attached hydrogens (tertiary/aromatic N) is 2. The Morgan fingerprint density at radius 3 is 2.60 bits per heavy atom. The number of rotatable bonds is 5. The average Bonchev–Trinajstić information content (AvgIpc) is 2.47. The first kappa shape index (κ1) is 15.4. The van der Waals surface area contributed by atoms with Gasteiger partial charge in [-0.05, 0) is 57.8 Å². The van der Waals surface area contributed by atoms with Gasteiger partial charge in [-0.15, -0.1) is 0 Å². The van der Waals surface area contributed by atoms with Gasteiger partial charge in [0, 0.05) is 29.9 Å². The Kier molecular flexibility index (Phi) is 5.13. The van der Waals surface area contributed by atoms with Crippen molar-refractivity contribution in [3.63, 3.8) is 0 Å². The fraction of sp³-hybridized carbons (Fsp3) is 0.688. The summed E-state index contributed by atoms with van der Waals surface area (Å²) in [5.41, 5.74) is 4.32. The molecule has 0 aliphatic heterocycles. The largest absolute Gasteiger partial charge is 0.302 e. The van der Waals surface area contributed by atoms with Gasteiger partial charge in [0.05, 0.1) is 0 Å². The number of hydrogen-bond acceptors (Lipinski definition) is 4. The van der Waals surface area contributed by atoms with Crippen molar-refractivity contribution in [2.75, 3.05) is 14.1 Å². The van der Waals surface area contributed by atoms with E-state index < -0.39 is 0 Å². The molecule has 0 saturated heterocycles. The van der Waals surface area contributed by atoms with E-state index in [9.17, 15) is 0 Å². The molecule has 20 heavy (non-hydrogen) atoms. The van der Waals surface area contributed by atoms with E-state index in [-0.39, 0.29) is 11.6 Å². The summed E-state index contributed by atoms with van der Waals surface area (Å²) in [6.07, 6.45) is 7.68. The second-order valence-electron chi connectivity index (χ2n) is 6.42. The van der Waals surface area contributed by atoms with Gasteiger partial charge in [0.1, 0.15) is 0 Å². The van der Waals surface area contributed by atoms with Crippen LogP contribution in [0, 0.1) is 5.92 Å². The van der Waals surface area contributed by atoms with Gasteiger partial charge < -0.3 is 4.90 Å². The van der Waals surface area contributed by atoms with E-state index >= 15 is 0 Å². The van der Waals surface area contributed by atoms with E-state index in [0.717, 1.165) is 18.0 Å². The van der Waals surface area contributed by atoms with Crippen molar-refractivity contribution in [2.45, 2.75) is 50.6 Å². The number of hydrogen-bond donors (Lipinski definition) is 2. The molecule has 0 radical (unpaired) electrons. The fourth-order valence-electron chi connectivity index (χ4n) is 3.50. The quantitative estimate of drug-likeness (QED) is 0.638. The molecule has 0 aromatic carbocycles. The predicted octanol–water partition coefficient (Wildman–Crippen LogP) is 1.97. The molecule has 112 valence electrons. The Morgan fingerprint density at radius 2 is 2.10 bits per heavy atom. The molecule has 0 amide bonds. The maximum Gasteiger partial charge on any atom is 0.0449 e. The summed E-state index contributed by atoms with van der Waals surface area (Å²) in [6.45, 7) is 2.35. The average molecular weight is 276 g/mol. The molecule has 1 aliphatic carbocycles. The molecule has 3 N–H and O–H groups in total. The van der Waals surface area contributed by atoms with E-state index in [1.165, 1.54) is 25.7 Å². The minimum atomic E-state index is 0.138. The molecule has 1 heterocycles. The van der Waals surface area contributed by atoms with E-state index in [4.69, 9.17) is 5.84 Å². The minimum Gasteiger partial charge on any atom is -0.302 e. The Hall–Kier alpha value is -0.970. The second kappa shape index (κ2) is 6.66. The highest BCUT2D eigenvalue weighted by molar-refractivity contribution is 5.10. The van der Waals surface area contributed by atoms with Gasteiger partial charge in [-0.2, -0.15) is 0 Å². The lowest BCUT2D eigenvalue weighted by atomic mass is 9.71. The van der Waals surface area contributed by atoms with Crippen molar-refractivity contribution < 1.29 is 0 Å². The fourth-order valence-corrected chi connectivity index (χ4v) is 3.50. The monoisotopic (exact) mass is 276 g/mol. The van der Waals surface area contributed by atoms with Gasteiger partial charge in [-0.3, -0.25) is 16.3 Å². The van der Waals surface area contributed by atoms with Crippen molar-refractivity contribution >= 4 is 0 Å². The van der Waals surface area contributed by atoms with E-state index in [1.54, 1.807) is 0 Å². The zero-order valence-electron chi connectivity index (χ0n) is 13.0. The summed E-state index contributed by atoms with van der Waals surface area (Å²) in [6, 6.07) is 6.32. The molecule has 1 aromatic rings. The lowest BCUT2D eigenvalue weighted by Crippen LogP contribution is -2.62. The molecule has 1 saturated carbocycles. The zero-order chi connectivity index (χ0) is 14.6. The van der Waals surface area contributed by atoms with E-state index in [1.807, 2.05) is 18.3 Å². The Balaban J connectivity index is 2.17. The molecular weight excluding hydrogens is 248 g/mol. The van der Waals surface area contributed by atoms with Crippen molar-refractivity contribution in [2.24, 2.45) is 11.8 Å². The zero-order valence-corrected chi connectivity index (χ0v) is 13.0. The first-order chi connectivity index (χ1) is 9.58. The SMILES string of the molecule is CC1CCC(C(Cc2ccccn2)NN)(N(C)C)CC1. The van der Waals surface area contributed by atoms with Gasteiger partial charge in [-0.25, -0.2) is 0 Å². The van der Waals surface area contributed by atoms with Crippen molar-refractivity contribution in [3.8, 4) is 0 Å². The van der Waals surface area contributed by atoms with E-state index in [0.29, 0.717) is 0 Å². The summed E-state index contributed by atoms with van der Waals surface area (Å²) >= 11 is 0. The van der Waals surface area contributed by atoms with Gasteiger partial charge in [0.25, 0.3) is 0 Å². The molecule has 1 fully saturated rings. The van der Waals surface area contributed by atoms with Crippen LogP contribution in [-0.4, -0.2) is 35.6 Å². The van der Waals surface area contributed by atoms with Crippen LogP contribution < -0.4 is 11.3 Å². The third kappa shape index (κ3) is 3.19. The number of aromatic nitrogens is 1. The van der Waals surface area contributed by atoms with Crippen LogP contribution in [0.1, 0.15) is 38.3 Å². The van der Waals surface area contributed by atoms with Crippen LogP contribution in [-0.2, 0) is 6.42 Å². The first-order valence-electron chi connectivity index (χ1n) is 7.62. The van der Waals surface area contributed by atoms with Crippen LogP contribution in [0.15, 0.2) is 24.4 Å². The third-order valence-electron chi connectivity index (χ3n) is 5.02. The smallest absolute Gasteiger partial charge is 0.0449 e. The highest BCUT2D eigenvalue weighted by atomic mass is 15.3. The maximum absolute atomic E-state index is 5.90. The van der Waals surface area contributed by atoms with Gasteiger partial charge in [-0.1, -0.05) is 13.0 Å². The summed E-state index contributed by atoms with van der Waals surface area (Å²) in [5.74, 6) is 6.73. The molecule has 4 nitrogen and oxygen atoms in total.